The first-order valence-corrected chi connectivity index (χ1v) is 8.43. The average Bonchev–Trinajstić information content (AvgIpc) is 2.43. The van der Waals surface area contributed by atoms with Gasteiger partial charge in [-0.1, -0.05) is 40.5 Å². The normalized spacial score (nSPS) is 11.4. The van der Waals surface area contributed by atoms with Gasteiger partial charge in [0.15, 0.2) is 0 Å². The molecular weight excluding hydrogens is 280 g/mol. The Morgan fingerprint density at radius 1 is 0.727 bits per heavy atom. The fraction of sp³-hybridized carbons (Fsp3) is 0.778. The maximum absolute atomic E-state index is 11.4. The van der Waals surface area contributed by atoms with E-state index in [0.717, 1.165) is 50.7 Å². The van der Waals surface area contributed by atoms with Gasteiger partial charge in [-0.25, -0.2) is 9.59 Å². The highest BCUT2D eigenvalue weighted by Crippen LogP contribution is 2.07. The standard InChI is InChI=1S/C18H32O4/c1-15(2)9-5-7-13-21-17(19)11-12-18(20)22-14-8-6-10-16(3)4/h11-12,15-16H,5-10,13-14H2,1-4H3. The van der Waals surface area contributed by atoms with Crippen molar-refractivity contribution in [2.24, 2.45) is 11.8 Å². The van der Waals surface area contributed by atoms with Crippen LogP contribution in [0.15, 0.2) is 12.2 Å². The molecule has 0 saturated carbocycles. The van der Waals surface area contributed by atoms with E-state index in [9.17, 15) is 9.59 Å². The van der Waals surface area contributed by atoms with Gasteiger partial charge in [0.1, 0.15) is 0 Å². The molecule has 4 nitrogen and oxygen atoms in total. The van der Waals surface area contributed by atoms with Crippen molar-refractivity contribution in [3.05, 3.63) is 12.2 Å². The third kappa shape index (κ3) is 15.1. The largest absolute Gasteiger partial charge is 0.463 e. The van der Waals surface area contributed by atoms with Gasteiger partial charge in [-0.3, -0.25) is 0 Å². The highest BCUT2D eigenvalue weighted by Gasteiger charge is 2.02. The summed E-state index contributed by atoms with van der Waals surface area (Å²) in [5, 5.41) is 0. The molecule has 0 fully saturated rings. The van der Waals surface area contributed by atoms with Gasteiger partial charge in [-0.05, 0) is 37.5 Å². The second kappa shape index (κ2) is 13.4. The summed E-state index contributed by atoms with van der Waals surface area (Å²) in [7, 11) is 0. The molecule has 0 radical (unpaired) electrons. The molecule has 0 unspecified atom stereocenters. The van der Waals surface area contributed by atoms with Crippen molar-refractivity contribution in [1.29, 1.82) is 0 Å². The molecule has 0 aliphatic rings. The Hall–Kier alpha value is -1.32. The summed E-state index contributed by atoms with van der Waals surface area (Å²) in [6.45, 7) is 9.49. The van der Waals surface area contributed by atoms with E-state index >= 15 is 0 Å². The Morgan fingerprint density at radius 3 is 1.41 bits per heavy atom. The van der Waals surface area contributed by atoms with Crippen LogP contribution in [-0.2, 0) is 19.1 Å². The van der Waals surface area contributed by atoms with Crippen molar-refractivity contribution in [3.63, 3.8) is 0 Å². The number of unbranched alkanes of at least 4 members (excludes halogenated alkanes) is 2. The van der Waals surface area contributed by atoms with Crippen molar-refractivity contribution in [2.45, 2.75) is 66.2 Å². The van der Waals surface area contributed by atoms with Gasteiger partial charge in [-0.15, -0.1) is 0 Å². The Bertz CT molecular complexity index is 300. The third-order valence-electron chi connectivity index (χ3n) is 3.20. The van der Waals surface area contributed by atoms with Crippen molar-refractivity contribution in [2.75, 3.05) is 13.2 Å². The van der Waals surface area contributed by atoms with E-state index in [-0.39, 0.29) is 0 Å². The fourth-order valence-corrected chi connectivity index (χ4v) is 1.89. The maximum atomic E-state index is 11.4. The molecule has 0 N–H and O–H groups in total. The van der Waals surface area contributed by atoms with Crippen LogP contribution >= 0.6 is 0 Å². The number of hydrogen-bond donors (Lipinski definition) is 0. The molecule has 0 aromatic rings. The lowest BCUT2D eigenvalue weighted by molar-refractivity contribution is -0.140. The van der Waals surface area contributed by atoms with Crippen LogP contribution in [0.5, 0.6) is 0 Å². The highest BCUT2D eigenvalue weighted by molar-refractivity contribution is 5.91. The van der Waals surface area contributed by atoms with Gasteiger partial charge >= 0.3 is 11.9 Å². The Balaban J connectivity index is 3.59. The van der Waals surface area contributed by atoms with Crippen molar-refractivity contribution in [3.8, 4) is 0 Å². The summed E-state index contributed by atoms with van der Waals surface area (Å²) in [6.07, 6.45) is 8.36. The van der Waals surface area contributed by atoms with E-state index in [4.69, 9.17) is 9.47 Å². The van der Waals surface area contributed by atoms with Crippen LogP contribution in [0.1, 0.15) is 66.2 Å². The van der Waals surface area contributed by atoms with Crippen LogP contribution < -0.4 is 0 Å². The molecule has 0 aromatic heterocycles. The van der Waals surface area contributed by atoms with E-state index in [1.54, 1.807) is 0 Å². The van der Waals surface area contributed by atoms with Gasteiger partial charge in [0.25, 0.3) is 0 Å². The Kier molecular flexibility index (Phi) is 12.5. The zero-order valence-corrected chi connectivity index (χ0v) is 14.6. The van der Waals surface area contributed by atoms with Gasteiger partial charge in [0.2, 0.25) is 0 Å². The van der Waals surface area contributed by atoms with Gasteiger partial charge < -0.3 is 9.47 Å². The molecule has 0 bridgehead atoms. The fourth-order valence-electron chi connectivity index (χ4n) is 1.89. The summed E-state index contributed by atoms with van der Waals surface area (Å²) >= 11 is 0. The molecule has 0 amide bonds. The number of carbonyl (C=O) groups excluding carboxylic acids is 2. The first kappa shape index (κ1) is 20.7. The average molecular weight is 312 g/mol. The number of carbonyl (C=O) groups is 2. The molecular formula is C18H32O4. The van der Waals surface area contributed by atoms with Crippen molar-refractivity contribution >= 4 is 11.9 Å². The van der Waals surface area contributed by atoms with Crippen LogP contribution in [-0.4, -0.2) is 25.2 Å². The van der Waals surface area contributed by atoms with Gasteiger partial charge in [-0.2, -0.15) is 0 Å². The quantitative estimate of drug-likeness (QED) is 0.306. The van der Waals surface area contributed by atoms with E-state index < -0.39 is 11.9 Å². The van der Waals surface area contributed by atoms with E-state index in [2.05, 4.69) is 27.7 Å². The first-order valence-electron chi connectivity index (χ1n) is 8.43. The van der Waals surface area contributed by atoms with Crippen LogP contribution in [0, 0.1) is 11.8 Å². The van der Waals surface area contributed by atoms with E-state index in [0.29, 0.717) is 25.0 Å². The lowest BCUT2D eigenvalue weighted by Crippen LogP contribution is -2.06. The third-order valence-corrected chi connectivity index (χ3v) is 3.20. The van der Waals surface area contributed by atoms with Crippen LogP contribution in [0.2, 0.25) is 0 Å². The molecule has 0 aromatic carbocycles. The van der Waals surface area contributed by atoms with Crippen LogP contribution in [0.4, 0.5) is 0 Å². The number of esters is 2. The highest BCUT2D eigenvalue weighted by atomic mass is 16.5. The summed E-state index contributed by atoms with van der Waals surface area (Å²) in [4.78, 5) is 22.8. The molecule has 0 saturated heterocycles. The maximum Gasteiger partial charge on any atom is 0.331 e. The lowest BCUT2D eigenvalue weighted by Gasteiger charge is -2.05. The number of rotatable bonds is 12. The minimum absolute atomic E-state index is 0.403. The van der Waals surface area contributed by atoms with Crippen molar-refractivity contribution < 1.29 is 19.1 Å². The molecule has 0 atom stereocenters. The monoisotopic (exact) mass is 312 g/mol. The molecule has 4 heteroatoms. The Morgan fingerprint density at radius 2 is 1.09 bits per heavy atom. The molecule has 22 heavy (non-hydrogen) atoms. The van der Waals surface area contributed by atoms with E-state index in [1.807, 2.05) is 0 Å². The smallest absolute Gasteiger partial charge is 0.331 e. The topological polar surface area (TPSA) is 52.6 Å². The molecule has 0 spiro atoms. The number of ether oxygens (including phenoxy) is 2. The second-order valence-corrected chi connectivity index (χ2v) is 6.45. The van der Waals surface area contributed by atoms with Gasteiger partial charge in [0, 0.05) is 12.2 Å². The summed E-state index contributed by atoms with van der Waals surface area (Å²) in [6, 6.07) is 0. The summed E-state index contributed by atoms with van der Waals surface area (Å²) in [5.74, 6) is 0.374. The minimum Gasteiger partial charge on any atom is -0.463 e. The van der Waals surface area contributed by atoms with Gasteiger partial charge in [0.05, 0.1) is 13.2 Å². The predicted octanol–water partition coefficient (Wildman–Crippen LogP) is 4.28. The first-order chi connectivity index (χ1) is 10.4. The lowest BCUT2D eigenvalue weighted by atomic mass is 10.1. The van der Waals surface area contributed by atoms with Crippen LogP contribution in [0.25, 0.3) is 0 Å². The summed E-state index contributed by atoms with van der Waals surface area (Å²) < 4.78 is 10.0. The van der Waals surface area contributed by atoms with Crippen LogP contribution in [0.3, 0.4) is 0 Å². The Labute approximate surface area is 135 Å². The number of hydrogen-bond acceptors (Lipinski definition) is 4. The zero-order chi connectivity index (χ0) is 16.8. The molecule has 128 valence electrons. The molecule has 0 aliphatic heterocycles. The van der Waals surface area contributed by atoms with E-state index in [1.165, 1.54) is 0 Å². The SMILES string of the molecule is CC(C)CCCCOC(=O)C=CC(=O)OCCCCC(C)C. The molecule has 0 aliphatic carbocycles. The molecule has 0 rings (SSSR count). The molecule has 0 heterocycles. The summed E-state index contributed by atoms with van der Waals surface area (Å²) in [5.41, 5.74) is 0. The predicted molar refractivity (Wildman–Crippen MR) is 88.4 cm³/mol. The minimum atomic E-state index is -0.485. The zero-order valence-electron chi connectivity index (χ0n) is 14.6. The second-order valence-electron chi connectivity index (χ2n) is 6.45. The van der Waals surface area contributed by atoms with Crippen molar-refractivity contribution in [1.82, 2.24) is 0 Å².